The predicted octanol–water partition coefficient (Wildman–Crippen LogP) is 0.468. The van der Waals surface area contributed by atoms with Crippen LogP contribution >= 0.6 is 0 Å². The van der Waals surface area contributed by atoms with Crippen LogP contribution in [0.1, 0.15) is 29.8 Å². The van der Waals surface area contributed by atoms with Gasteiger partial charge in [-0.15, -0.1) is 0 Å². The van der Waals surface area contributed by atoms with Gasteiger partial charge in [-0.3, -0.25) is 14.5 Å². The van der Waals surface area contributed by atoms with Crippen molar-refractivity contribution in [2.75, 3.05) is 24.6 Å². The van der Waals surface area contributed by atoms with Crippen molar-refractivity contribution in [3.8, 4) is 6.07 Å². The van der Waals surface area contributed by atoms with E-state index in [9.17, 15) is 20.3 Å². The fourth-order valence-electron chi connectivity index (χ4n) is 3.56. The van der Waals surface area contributed by atoms with Crippen molar-refractivity contribution < 1.29 is 10.2 Å². The fourth-order valence-corrected chi connectivity index (χ4v) is 3.56. The first kappa shape index (κ1) is 17.2. The van der Waals surface area contributed by atoms with Gasteiger partial charge in [-0.2, -0.15) is 10.4 Å². The maximum atomic E-state index is 12.4. The molecule has 0 saturated carbocycles. The molecule has 1 fully saturated rings. The summed E-state index contributed by atoms with van der Waals surface area (Å²) in [5, 5.41) is 33.6. The zero-order valence-electron chi connectivity index (χ0n) is 14.4. The maximum absolute atomic E-state index is 12.4. The second-order valence-corrected chi connectivity index (χ2v) is 6.52. The summed E-state index contributed by atoms with van der Waals surface area (Å²) in [4.78, 5) is 21.2. The molecule has 138 valence electrons. The van der Waals surface area contributed by atoms with Crippen molar-refractivity contribution in [2.24, 2.45) is 0 Å². The van der Waals surface area contributed by atoms with Crippen molar-refractivity contribution in [1.82, 2.24) is 19.7 Å². The molecular formula is C18H18N6O3. The quantitative estimate of drug-likeness (QED) is 0.611. The molecule has 9 nitrogen and oxygen atoms in total. The molecule has 0 radical (unpaired) electrons. The number of pyridine rings is 2. The van der Waals surface area contributed by atoms with E-state index in [1.165, 1.54) is 6.20 Å². The fraction of sp³-hybridized carbons (Fsp3) is 0.333. The van der Waals surface area contributed by atoms with Crippen LogP contribution in [0, 0.1) is 11.3 Å². The Morgan fingerprint density at radius 1 is 1.48 bits per heavy atom. The molecule has 3 N–H and O–H groups in total. The van der Waals surface area contributed by atoms with E-state index in [4.69, 9.17) is 0 Å². The number of fused-ring (bicyclic) bond motifs is 1. The molecule has 0 amide bonds. The van der Waals surface area contributed by atoms with Crippen LogP contribution in [0.25, 0.3) is 10.9 Å². The van der Waals surface area contributed by atoms with E-state index in [1.807, 2.05) is 27.9 Å². The number of hydrogen-bond acceptors (Lipinski definition) is 7. The number of nitrogens with one attached hydrogen (secondary N) is 1. The van der Waals surface area contributed by atoms with Crippen molar-refractivity contribution in [1.29, 1.82) is 5.26 Å². The summed E-state index contributed by atoms with van der Waals surface area (Å²) in [5.74, 6) is 0. The molecule has 0 spiro atoms. The number of rotatable bonds is 4. The number of hydrogen-bond donors (Lipinski definition) is 3. The minimum absolute atomic E-state index is 0.0271. The van der Waals surface area contributed by atoms with E-state index in [2.05, 4.69) is 15.1 Å². The summed E-state index contributed by atoms with van der Waals surface area (Å²) >= 11 is 0. The standard InChI is InChI=1S/C18H18N6O3/c19-7-13-17(23-5-2-11(9-23)24-4-1-3-21-24)12-6-14(16(26)10-25)20-8-15(12)22-18(13)27/h1,3-4,6,8,11,16,25-26H,2,5,9-10H2,(H,22,27)/t11-,16?/m1/s1. The van der Waals surface area contributed by atoms with Crippen LogP contribution in [0.4, 0.5) is 5.69 Å². The monoisotopic (exact) mass is 366 g/mol. The van der Waals surface area contributed by atoms with Crippen LogP contribution in [0.15, 0.2) is 35.5 Å². The lowest BCUT2D eigenvalue weighted by Gasteiger charge is -2.22. The number of aliphatic hydroxyl groups excluding tert-OH is 2. The Balaban J connectivity index is 1.84. The number of aliphatic hydroxyl groups is 2. The number of H-pyrrole nitrogens is 1. The highest BCUT2D eigenvalue weighted by Crippen LogP contribution is 2.33. The van der Waals surface area contributed by atoms with E-state index in [0.717, 1.165) is 6.42 Å². The Morgan fingerprint density at radius 3 is 3.04 bits per heavy atom. The van der Waals surface area contributed by atoms with Crippen LogP contribution in [0.2, 0.25) is 0 Å². The Labute approximate surface area is 154 Å². The molecule has 1 saturated heterocycles. The van der Waals surface area contributed by atoms with Gasteiger partial charge in [-0.25, -0.2) is 0 Å². The highest BCUT2D eigenvalue weighted by molar-refractivity contribution is 5.94. The lowest BCUT2D eigenvalue weighted by Crippen LogP contribution is -2.26. The second-order valence-electron chi connectivity index (χ2n) is 6.52. The van der Waals surface area contributed by atoms with Gasteiger partial charge in [0.05, 0.1) is 35.7 Å². The lowest BCUT2D eigenvalue weighted by atomic mass is 10.1. The molecule has 1 aliphatic heterocycles. The normalized spacial score (nSPS) is 18.0. The van der Waals surface area contributed by atoms with E-state index in [1.54, 1.807) is 12.3 Å². The van der Waals surface area contributed by atoms with E-state index in [0.29, 0.717) is 29.7 Å². The minimum Gasteiger partial charge on any atom is -0.393 e. The van der Waals surface area contributed by atoms with Gasteiger partial charge in [0.25, 0.3) is 5.56 Å². The zero-order valence-corrected chi connectivity index (χ0v) is 14.4. The third kappa shape index (κ3) is 2.95. The Morgan fingerprint density at radius 2 is 2.33 bits per heavy atom. The first-order valence-electron chi connectivity index (χ1n) is 8.61. The summed E-state index contributed by atoms with van der Waals surface area (Å²) in [6, 6.07) is 5.62. The van der Waals surface area contributed by atoms with Crippen molar-refractivity contribution in [3.63, 3.8) is 0 Å². The second kappa shape index (κ2) is 6.83. The van der Waals surface area contributed by atoms with Crippen molar-refractivity contribution in [2.45, 2.75) is 18.6 Å². The first-order valence-corrected chi connectivity index (χ1v) is 8.61. The van der Waals surface area contributed by atoms with Gasteiger partial charge in [0.2, 0.25) is 0 Å². The molecule has 0 bridgehead atoms. The van der Waals surface area contributed by atoms with Crippen LogP contribution < -0.4 is 10.5 Å². The minimum atomic E-state index is -1.13. The van der Waals surface area contributed by atoms with Gasteiger partial charge in [0, 0.05) is 30.9 Å². The molecule has 4 rings (SSSR count). The summed E-state index contributed by atoms with van der Waals surface area (Å²) in [6.45, 7) is 0.806. The molecule has 3 aromatic heterocycles. The molecule has 3 aromatic rings. The Bertz CT molecular complexity index is 1070. The molecule has 0 aliphatic carbocycles. The van der Waals surface area contributed by atoms with Crippen LogP contribution in [-0.2, 0) is 0 Å². The van der Waals surface area contributed by atoms with Gasteiger partial charge in [0.1, 0.15) is 17.7 Å². The van der Waals surface area contributed by atoms with Crippen molar-refractivity contribution in [3.05, 3.63) is 52.3 Å². The third-order valence-electron chi connectivity index (χ3n) is 4.90. The number of aromatic nitrogens is 4. The summed E-state index contributed by atoms with van der Waals surface area (Å²) in [5.41, 5.74) is 0.842. The van der Waals surface area contributed by atoms with Crippen LogP contribution in [-0.4, -0.2) is 49.7 Å². The van der Waals surface area contributed by atoms with Crippen LogP contribution in [0.3, 0.4) is 0 Å². The van der Waals surface area contributed by atoms with Crippen LogP contribution in [0.5, 0.6) is 0 Å². The van der Waals surface area contributed by atoms with E-state index < -0.39 is 18.3 Å². The average molecular weight is 366 g/mol. The van der Waals surface area contributed by atoms with Gasteiger partial charge >= 0.3 is 0 Å². The third-order valence-corrected chi connectivity index (χ3v) is 4.90. The number of anilines is 1. The molecule has 1 aliphatic rings. The zero-order chi connectivity index (χ0) is 19.0. The summed E-state index contributed by atoms with van der Waals surface area (Å²) < 4.78 is 1.88. The molecule has 1 unspecified atom stereocenters. The van der Waals surface area contributed by atoms with Gasteiger partial charge < -0.3 is 20.1 Å². The predicted molar refractivity (Wildman–Crippen MR) is 97.2 cm³/mol. The van der Waals surface area contributed by atoms with Gasteiger partial charge in [0.15, 0.2) is 0 Å². The molecule has 0 aromatic carbocycles. The maximum Gasteiger partial charge on any atom is 0.268 e. The van der Waals surface area contributed by atoms with E-state index in [-0.39, 0.29) is 17.3 Å². The molecule has 2 atom stereocenters. The molecule has 4 heterocycles. The Kier molecular flexibility index (Phi) is 4.35. The first-order chi connectivity index (χ1) is 13.1. The largest absolute Gasteiger partial charge is 0.393 e. The summed E-state index contributed by atoms with van der Waals surface area (Å²) in [6.07, 6.45) is 4.76. The number of nitrogens with zero attached hydrogens (tertiary/aromatic N) is 5. The molecule has 27 heavy (non-hydrogen) atoms. The Hall–Kier alpha value is -3.22. The number of nitriles is 1. The smallest absolute Gasteiger partial charge is 0.268 e. The topological polar surface area (TPSA) is 131 Å². The molecule has 9 heteroatoms. The van der Waals surface area contributed by atoms with Gasteiger partial charge in [-0.1, -0.05) is 0 Å². The number of aromatic amines is 1. The van der Waals surface area contributed by atoms with Crippen molar-refractivity contribution >= 4 is 16.6 Å². The lowest BCUT2D eigenvalue weighted by molar-refractivity contribution is 0.0924. The SMILES string of the molecule is N#Cc1c(N2CC[C@@H](n3cccn3)C2)c2cc(C(O)CO)ncc2[nH]c1=O. The highest BCUT2D eigenvalue weighted by Gasteiger charge is 2.28. The molecular weight excluding hydrogens is 348 g/mol. The van der Waals surface area contributed by atoms with Gasteiger partial charge in [-0.05, 0) is 18.6 Å². The average Bonchev–Trinajstić information content (AvgIpc) is 3.37. The summed E-state index contributed by atoms with van der Waals surface area (Å²) in [7, 11) is 0. The van der Waals surface area contributed by atoms with E-state index >= 15 is 0 Å². The highest BCUT2D eigenvalue weighted by atomic mass is 16.3.